The molecule has 0 aliphatic heterocycles. The van der Waals surface area contributed by atoms with Crippen molar-refractivity contribution in [2.24, 2.45) is 0 Å². The maximum Gasteiger partial charge on any atom is 0.333 e. The Balaban J connectivity index is 2.14. The molecule has 188 valence electrons. The highest BCUT2D eigenvalue weighted by molar-refractivity contribution is 9.11. The highest BCUT2D eigenvalue weighted by Gasteiger charge is 2.39. The molecule has 8 heteroatoms. The maximum absolute atomic E-state index is 14.3. The highest BCUT2D eigenvalue weighted by atomic mass is 79.9. The van der Waals surface area contributed by atoms with Crippen LogP contribution >= 0.6 is 27.3 Å². The van der Waals surface area contributed by atoms with Crippen LogP contribution in [0.15, 0.2) is 74.0 Å². The minimum atomic E-state index is -1.55. The van der Waals surface area contributed by atoms with E-state index in [1.165, 1.54) is 11.3 Å². The second-order valence-corrected chi connectivity index (χ2v) is 12.6. The van der Waals surface area contributed by atoms with Crippen LogP contribution < -0.4 is 11.2 Å². The number of esters is 1. The number of hydrogen-bond donors (Lipinski definition) is 0. The first-order chi connectivity index (χ1) is 16.8. The van der Waals surface area contributed by atoms with E-state index in [-0.39, 0.29) is 0 Å². The fourth-order valence-corrected chi connectivity index (χ4v) is 5.97. The van der Waals surface area contributed by atoms with Crippen molar-refractivity contribution in [1.82, 2.24) is 9.13 Å². The van der Waals surface area contributed by atoms with Gasteiger partial charge in [-0.25, -0.2) is 14.2 Å². The van der Waals surface area contributed by atoms with Gasteiger partial charge in [-0.3, -0.25) is 9.36 Å². The monoisotopic (exact) mass is 568 g/mol. The van der Waals surface area contributed by atoms with Gasteiger partial charge in [0.15, 0.2) is 0 Å². The Hall–Kier alpha value is -2.97. The number of carbonyl (C=O) groups excluding carboxylic acids is 1. The van der Waals surface area contributed by atoms with E-state index in [1.54, 1.807) is 39.2 Å². The number of aryl methyl sites for hydroxylation is 1. The predicted molar refractivity (Wildman–Crippen MR) is 148 cm³/mol. The summed E-state index contributed by atoms with van der Waals surface area (Å²) in [5.74, 6) is -0.650. The molecule has 0 radical (unpaired) electrons. The third-order valence-electron chi connectivity index (χ3n) is 6.05. The van der Waals surface area contributed by atoms with Gasteiger partial charge in [0.05, 0.1) is 15.2 Å². The van der Waals surface area contributed by atoms with Crippen LogP contribution in [0.3, 0.4) is 0 Å². The normalized spacial score (nSPS) is 12.3. The average molecular weight is 570 g/mol. The van der Waals surface area contributed by atoms with Crippen molar-refractivity contribution < 1.29 is 9.53 Å². The second kappa shape index (κ2) is 9.48. The molecule has 2 aromatic carbocycles. The van der Waals surface area contributed by atoms with Crippen molar-refractivity contribution in [3.63, 3.8) is 0 Å². The molecule has 2 heterocycles. The van der Waals surface area contributed by atoms with Gasteiger partial charge in [0.25, 0.3) is 5.56 Å². The van der Waals surface area contributed by atoms with Crippen LogP contribution in [-0.4, -0.2) is 20.7 Å². The topological polar surface area (TPSA) is 70.3 Å². The van der Waals surface area contributed by atoms with Crippen molar-refractivity contribution in [3.05, 3.63) is 102 Å². The first-order valence-corrected chi connectivity index (χ1v) is 13.3. The van der Waals surface area contributed by atoms with Gasteiger partial charge in [0.2, 0.25) is 0 Å². The van der Waals surface area contributed by atoms with E-state index in [1.807, 2.05) is 67.6 Å². The number of ether oxygens (including phenoxy) is 1. The van der Waals surface area contributed by atoms with Gasteiger partial charge < -0.3 is 4.74 Å². The molecule has 0 atom stereocenters. The molecular formula is C28H29BrN2O4S. The van der Waals surface area contributed by atoms with E-state index in [0.29, 0.717) is 10.2 Å². The molecule has 0 fully saturated rings. The van der Waals surface area contributed by atoms with Crippen molar-refractivity contribution in [2.75, 3.05) is 0 Å². The van der Waals surface area contributed by atoms with E-state index >= 15 is 0 Å². The molecule has 4 rings (SSSR count). The van der Waals surface area contributed by atoms with Crippen LogP contribution in [0.1, 0.15) is 57.4 Å². The number of nitrogens with zero attached hydrogens (tertiary/aromatic N) is 2. The van der Waals surface area contributed by atoms with E-state index in [0.717, 1.165) is 25.0 Å². The lowest BCUT2D eigenvalue weighted by molar-refractivity contribution is -0.164. The minimum Gasteiger partial charge on any atom is -0.458 e. The van der Waals surface area contributed by atoms with E-state index in [4.69, 9.17) is 4.74 Å². The molecule has 2 aromatic heterocycles. The van der Waals surface area contributed by atoms with Crippen molar-refractivity contribution in [1.29, 1.82) is 0 Å². The van der Waals surface area contributed by atoms with Crippen molar-refractivity contribution >= 4 is 43.5 Å². The van der Waals surface area contributed by atoms with Gasteiger partial charge in [-0.1, -0.05) is 60.7 Å². The van der Waals surface area contributed by atoms with Crippen LogP contribution in [0.2, 0.25) is 0 Å². The van der Waals surface area contributed by atoms with E-state index in [9.17, 15) is 14.4 Å². The van der Waals surface area contributed by atoms with Crippen molar-refractivity contribution in [2.45, 2.75) is 58.7 Å². The molecule has 36 heavy (non-hydrogen) atoms. The van der Waals surface area contributed by atoms with Gasteiger partial charge in [0.1, 0.15) is 16.0 Å². The summed E-state index contributed by atoms with van der Waals surface area (Å²) in [5.41, 5.74) is -0.919. The number of hydrogen-bond acceptors (Lipinski definition) is 5. The Labute approximate surface area is 222 Å². The molecule has 0 spiro atoms. The number of carbonyl (C=O) groups is 1. The number of fused-ring (bicyclic) bond motifs is 1. The summed E-state index contributed by atoms with van der Waals surface area (Å²) in [6.45, 7) is 10.2. The van der Waals surface area contributed by atoms with Gasteiger partial charge in [-0.05, 0) is 74.2 Å². The predicted octanol–water partition coefficient (Wildman–Crippen LogP) is 6.01. The minimum absolute atomic E-state index is 0.403. The Bertz CT molecular complexity index is 1500. The average Bonchev–Trinajstić information content (AvgIpc) is 3.10. The fourth-order valence-electron chi connectivity index (χ4n) is 4.26. The molecular weight excluding hydrogens is 540 g/mol. The van der Waals surface area contributed by atoms with Gasteiger partial charge in [-0.2, -0.15) is 0 Å². The maximum atomic E-state index is 14.3. The second-order valence-electron chi connectivity index (χ2n) is 10.3. The summed E-state index contributed by atoms with van der Waals surface area (Å²) < 4.78 is 9.08. The molecule has 4 aromatic rings. The number of benzene rings is 2. The third kappa shape index (κ3) is 4.60. The first kappa shape index (κ1) is 26.1. The van der Waals surface area contributed by atoms with Crippen LogP contribution in [0.25, 0.3) is 10.2 Å². The Morgan fingerprint density at radius 2 is 1.42 bits per heavy atom. The smallest absolute Gasteiger partial charge is 0.333 e. The lowest BCUT2D eigenvalue weighted by atomic mass is 9.98. The van der Waals surface area contributed by atoms with Gasteiger partial charge in [-0.15, -0.1) is 11.3 Å². The molecule has 6 nitrogen and oxygen atoms in total. The fraction of sp³-hybridized carbons (Fsp3) is 0.321. The van der Waals surface area contributed by atoms with Crippen LogP contribution in [0.4, 0.5) is 0 Å². The summed E-state index contributed by atoms with van der Waals surface area (Å²) in [6, 6.07) is 18.8. The Morgan fingerprint density at radius 3 is 1.89 bits per heavy atom. The quantitative estimate of drug-likeness (QED) is 0.276. The zero-order valence-corrected chi connectivity index (χ0v) is 23.6. The number of thiophene rings is 1. The molecule has 0 unspecified atom stereocenters. The third-order valence-corrected chi connectivity index (χ3v) is 8.21. The number of halogens is 1. The standard InChI is InChI=1S/C28H29BrN2O4S/c1-17-20-23(32)31(28(5,6)25(33)35-27(2,3)4)26(34)30(24(20)36-22(17)29)21(18-13-9-7-10-14-18)19-15-11-8-12-16-19/h7-16,21H,1-6H3. The zero-order valence-electron chi connectivity index (χ0n) is 21.2. The number of aromatic nitrogens is 2. The molecule has 0 aliphatic rings. The highest BCUT2D eigenvalue weighted by Crippen LogP contribution is 2.36. The Morgan fingerprint density at radius 1 is 0.917 bits per heavy atom. The summed E-state index contributed by atoms with van der Waals surface area (Å²) in [4.78, 5) is 42.1. The van der Waals surface area contributed by atoms with Crippen molar-refractivity contribution in [3.8, 4) is 0 Å². The van der Waals surface area contributed by atoms with E-state index < -0.39 is 34.4 Å². The van der Waals surface area contributed by atoms with Crippen LogP contribution in [0.5, 0.6) is 0 Å². The zero-order chi connectivity index (χ0) is 26.4. The molecule has 0 aliphatic carbocycles. The molecule has 0 saturated carbocycles. The SMILES string of the molecule is Cc1c(Br)sc2c1c(=O)n(C(C)(C)C(=O)OC(C)(C)C)c(=O)n2C(c1ccccc1)c1ccccc1. The summed E-state index contributed by atoms with van der Waals surface area (Å²) >= 11 is 4.91. The first-order valence-electron chi connectivity index (χ1n) is 11.6. The summed E-state index contributed by atoms with van der Waals surface area (Å²) in [6.07, 6.45) is 0. The number of rotatable bonds is 5. The lowest BCUT2D eigenvalue weighted by Gasteiger charge is -2.31. The van der Waals surface area contributed by atoms with Crippen LogP contribution in [0, 0.1) is 6.92 Å². The molecule has 0 amide bonds. The Kier molecular flexibility index (Phi) is 6.88. The van der Waals surface area contributed by atoms with Gasteiger partial charge in [0, 0.05) is 0 Å². The molecule has 0 saturated heterocycles. The largest absolute Gasteiger partial charge is 0.458 e. The summed E-state index contributed by atoms with van der Waals surface area (Å²) in [5, 5.41) is 0.403. The van der Waals surface area contributed by atoms with Gasteiger partial charge >= 0.3 is 11.7 Å². The lowest BCUT2D eigenvalue weighted by Crippen LogP contribution is -2.54. The molecule has 0 N–H and O–H groups in total. The summed E-state index contributed by atoms with van der Waals surface area (Å²) in [7, 11) is 0. The van der Waals surface area contributed by atoms with Crippen LogP contribution in [-0.2, 0) is 15.1 Å². The van der Waals surface area contributed by atoms with E-state index in [2.05, 4.69) is 15.9 Å². The molecule has 0 bridgehead atoms.